The summed E-state index contributed by atoms with van der Waals surface area (Å²) in [5.74, 6) is -0.158. The predicted molar refractivity (Wildman–Crippen MR) is 77.9 cm³/mol. The minimum absolute atomic E-state index is 0.158. The predicted octanol–water partition coefficient (Wildman–Crippen LogP) is 2.66. The van der Waals surface area contributed by atoms with E-state index >= 15 is 0 Å². The van der Waals surface area contributed by atoms with E-state index in [1.54, 1.807) is 12.1 Å². The Bertz CT molecular complexity index is 401. The molecule has 0 spiro atoms. The summed E-state index contributed by atoms with van der Waals surface area (Å²) in [4.78, 5) is 2.29. The number of nitrogens with zero attached hydrogens (tertiary/aromatic N) is 1. The molecule has 2 unspecified atom stereocenters. The standard InChI is InChI=1S/C14H21FN2S/c1-10-8-17(9-11(2)18-10)14-6-12(3-4-16)5-13(15)7-14/h5-7,10-11H,3-4,8-9,16H2,1-2H3. The van der Waals surface area contributed by atoms with Crippen LogP contribution in [0.5, 0.6) is 0 Å². The molecule has 4 heteroatoms. The van der Waals surface area contributed by atoms with Gasteiger partial charge in [-0.15, -0.1) is 0 Å². The third-order valence-electron chi connectivity index (χ3n) is 3.16. The number of hydrogen-bond donors (Lipinski definition) is 1. The van der Waals surface area contributed by atoms with Gasteiger partial charge in [-0.2, -0.15) is 11.8 Å². The number of hydrogen-bond acceptors (Lipinski definition) is 3. The highest BCUT2D eigenvalue weighted by Gasteiger charge is 2.22. The molecule has 1 aliphatic rings. The fourth-order valence-electron chi connectivity index (χ4n) is 2.52. The maximum Gasteiger partial charge on any atom is 0.125 e. The first-order valence-corrected chi connectivity index (χ1v) is 7.42. The fourth-order valence-corrected chi connectivity index (χ4v) is 3.84. The van der Waals surface area contributed by atoms with Gasteiger partial charge in [-0.25, -0.2) is 4.39 Å². The Balaban J connectivity index is 2.21. The molecule has 1 saturated heterocycles. The summed E-state index contributed by atoms with van der Waals surface area (Å²) < 4.78 is 13.6. The van der Waals surface area contributed by atoms with E-state index in [1.165, 1.54) is 0 Å². The van der Waals surface area contributed by atoms with Gasteiger partial charge in [-0.3, -0.25) is 0 Å². The van der Waals surface area contributed by atoms with Crippen molar-refractivity contribution in [3.05, 3.63) is 29.6 Å². The Morgan fingerprint density at radius 1 is 1.28 bits per heavy atom. The molecule has 2 N–H and O–H groups in total. The highest BCUT2D eigenvalue weighted by molar-refractivity contribution is 8.00. The minimum atomic E-state index is -0.158. The summed E-state index contributed by atoms with van der Waals surface area (Å²) >= 11 is 2.00. The van der Waals surface area contributed by atoms with E-state index in [-0.39, 0.29) is 5.82 Å². The van der Waals surface area contributed by atoms with Crippen LogP contribution in [0.4, 0.5) is 10.1 Å². The summed E-state index contributed by atoms with van der Waals surface area (Å²) in [6.45, 7) is 6.99. The van der Waals surface area contributed by atoms with E-state index < -0.39 is 0 Å². The molecule has 100 valence electrons. The van der Waals surface area contributed by atoms with Crippen molar-refractivity contribution >= 4 is 17.4 Å². The zero-order valence-electron chi connectivity index (χ0n) is 11.0. The van der Waals surface area contributed by atoms with Gasteiger partial charge in [0, 0.05) is 29.3 Å². The molecule has 0 aliphatic carbocycles. The minimum Gasteiger partial charge on any atom is -0.369 e. The average Bonchev–Trinajstić information content (AvgIpc) is 2.27. The molecule has 2 atom stereocenters. The number of nitrogens with two attached hydrogens (primary N) is 1. The molecular weight excluding hydrogens is 247 g/mol. The lowest BCUT2D eigenvalue weighted by Crippen LogP contribution is -2.40. The van der Waals surface area contributed by atoms with Gasteiger partial charge in [0.2, 0.25) is 0 Å². The van der Waals surface area contributed by atoms with E-state index in [4.69, 9.17) is 5.73 Å². The molecule has 1 aromatic rings. The molecule has 1 aromatic carbocycles. The second kappa shape index (κ2) is 5.93. The first kappa shape index (κ1) is 13.7. The largest absolute Gasteiger partial charge is 0.369 e. The van der Waals surface area contributed by atoms with Gasteiger partial charge in [0.15, 0.2) is 0 Å². The molecule has 0 saturated carbocycles. The van der Waals surface area contributed by atoms with Crippen LogP contribution in [0, 0.1) is 5.82 Å². The van der Waals surface area contributed by atoms with Crippen LogP contribution in [0.25, 0.3) is 0 Å². The van der Waals surface area contributed by atoms with E-state index in [2.05, 4.69) is 24.8 Å². The van der Waals surface area contributed by atoms with E-state index in [0.717, 1.165) is 30.8 Å². The lowest BCUT2D eigenvalue weighted by molar-refractivity contribution is 0.622. The maximum absolute atomic E-state index is 13.6. The third kappa shape index (κ3) is 3.39. The Morgan fingerprint density at radius 3 is 2.56 bits per heavy atom. The van der Waals surface area contributed by atoms with Crippen molar-refractivity contribution in [1.82, 2.24) is 0 Å². The van der Waals surface area contributed by atoms with Crippen molar-refractivity contribution in [3.8, 4) is 0 Å². The molecule has 2 rings (SSSR count). The summed E-state index contributed by atoms with van der Waals surface area (Å²) in [7, 11) is 0. The highest BCUT2D eigenvalue weighted by atomic mass is 32.2. The zero-order valence-corrected chi connectivity index (χ0v) is 11.8. The molecule has 1 heterocycles. The van der Waals surface area contributed by atoms with Crippen LogP contribution in [0.2, 0.25) is 0 Å². The first-order valence-electron chi connectivity index (χ1n) is 6.48. The fraction of sp³-hybridized carbons (Fsp3) is 0.571. The molecular formula is C14H21FN2S. The lowest BCUT2D eigenvalue weighted by atomic mass is 10.1. The van der Waals surface area contributed by atoms with Crippen LogP contribution < -0.4 is 10.6 Å². The van der Waals surface area contributed by atoms with Crippen molar-refractivity contribution in [2.75, 3.05) is 24.5 Å². The second-order valence-electron chi connectivity index (χ2n) is 5.02. The Kier molecular flexibility index (Phi) is 4.51. The van der Waals surface area contributed by atoms with Crippen LogP contribution in [0.3, 0.4) is 0 Å². The Morgan fingerprint density at radius 2 is 1.94 bits per heavy atom. The second-order valence-corrected chi connectivity index (χ2v) is 6.90. The van der Waals surface area contributed by atoms with Crippen molar-refractivity contribution in [2.45, 2.75) is 30.8 Å². The summed E-state index contributed by atoms with van der Waals surface area (Å²) in [6.07, 6.45) is 0.735. The van der Waals surface area contributed by atoms with Crippen molar-refractivity contribution in [3.63, 3.8) is 0 Å². The van der Waals surface area contributed by atoms with Gasteiger partial charge in [-0.1, -0.05) is 13.8 Å². The maximum atomic E-state index is 13.6. The van der Waals surface area contributed by atoms with Crippen LogP contribution >= 0.6 is 11.8 Å². The molecule has 0 amide bonds. The lowest BCUT2D eigenvalue weighted by Gasteiger charge is -2.36. The van der Waals surface area contributed by atoms with Crippen molar-refractivity contribution in [2.24, 2.45) is 5.73 Å². The van der Waals surface area contributed by atoms with Gasteiger partial charge >= 0.3 is 0 Å². The highest BCUT2D eigenvalue weighted by Crippen LogP contribution is 2.29. The smallest absolute Gasteiger partial charge is 0.125 e. The van der Waals surface area contributed by atoms with Crippen molar-refractivity contribution in [1.29, 1.82) is 0 Å². The van der Waals surface area contributed by atoms with E-state index in [0.29, 0.717) is 17.0 Å². The molecule has 1 fully saturated rings. The van der Waals surface area contributed by atoms with Gasteiger partial charge in [0.1, 0.15) is 5.82 Å². The summed E-state index contributed by atoms with van der Waals surface area (Å²) in [5, 5.41) is 1.19. The number of rotatable bonds is 3. The molecule has 18 heavy (non-hydrogen) atoms. The van der Waals surface area contributed by atoms with Crippen LogP contribution in [0.1, 0.15) is 19.4 Å². The van der Waals surface area contributed by atoms with E-state index in [9.17, 15) is 4.39 Å². The number of anilines is 1. The average molecular weight is 268 g/mol. The first-order chi connectivity index (χ1) is 8.58. The third-order valence-corrected chi connectivity index (χ3v) is 4.39. The normalized spacial score (nSPS) is 24.3. The van der Waals surface area contributed by atoms with Gasteiger partial charge in [0.25, 0.3) is 0 Å². The number of benzene rings is 1. The topological polar surface area (TPSA) is 29.3 Å². The number of thioether (sulfide) groups is 1. The van der Waals surface area contributed by atoms with Crippen molar-refractivity contribution < 1.29 is 4.39 Å². The Hall–Kier alpha value is -0.740. The molecule has 2 nitrogen and oxygen atoms in total. The van der Waals surface area contributed by atoms with Gasteiger partial charge in [0.05, 0.1) is 0 Å². The Labute approximate surface area is 113 Å². The van der Waals surface area contributed by atoms with Gasteiger partial charge in [-0.05, 0) is 36.7 Å². The van der Waals surface area contributed by atoms with E-state index in [1.807, 2.05) is 11.8 Å². The molecule has 0 bridgehead atoms. The summed E-state index contributed by atoms with van der Waals surface area (Å²) in [5.41, 5.74) is 7.53. The summed E-state index contributed by atoms with van der Waals surface area (Å²) in [6, 6.07) is 5.29. The zero-order chi connectivity index (χ0) is 13.1. The number of halogens is 1. The SMILES string of the molecule is CC1CN(c2cc(F)cc(CCN)c2)CC(C)S1. The molecule has 1 aliphatic heterocycles. The quantitative estimate of drug-likeness (QED) is 0.914. The molecule has 0 aromatic heterocycles. The molecule has 0 radical (unpaired) electrons. The monoisotopic (exact) mass is 268 g/mol. The van der Waals surface area contributed by atoms with Crippen LogP contribution in [-0.4, -0.2) is 30.1 Å². The van der Waals surface area contributed by atoms with Gasteiger partial charge < -0.3 is 10.6 Å². The van der Waals surface area contributed by atoms with Crippen LogP contribution in [0.15, 0.2) is 18.2 Å². The van der Waals surface area contributed by atoms with Crippen LogP contribution in [-0.2, 0) is 6.42 Å².